The van der Waals surface area contributed by atoms with Crippen LogP contribution < -0.4 is 0 Å². The van der Waals surface area contributed by atoms with Crippen LogP contribution in [-0.2, 0) is 11.8 Å². The predicted molar refractivity (Wildman–Crippen MR) is 101 cm³/mol. The van der Waals surface area contributed by atoms with Gasteiger partial charge >= 0.3 is 5.97 Å². The lowest BCUT2D eigenvalue weighted by Gasteiger charge is -2.22. The molecule has 0 atom stereocenters. The minimum absolute atomic E-state index is 0.00547. The van der Waals surface area contributed by atoms with Crippen molar-refractivity contribution in [1.29, 1.82) is 0 Å². The molecular weight excluding hydrogens is 363 g/mol. The number of halogens is 1. The third-order valence-corrected chi connectivity index (χ3v) is 5.24. The molecule has 1 amide bonds. The SMILES string of the molecule is COC(=O)c1c(C)c(C(=O)CN(C(=O)c2ccc(F)cc2)C2CC2)c(C)n1C. The number of carbonyl (C=O) groups is 3. The number of hydrogen-bond acceptors (Lipinski definition) is 4. The maximum Gasteiger partial charge on any atom is 0.354 e. The zero-order valence-corrected chi connectivity index (χ0v) is 16.4. The fourth-order valence-electron chi connectivity index (χ4n) is 3.52. The molecule has 0 saturated heterocycles. The summed E-state index contributed by atoms with van der Waals surface area (Å²) in [4.78, 5) is 39.5. The highest BCUT2D eigenvalue weighted by Crippen LogP contribution is 2.30. The molecule has 0 spiro atoms. The Morgan fingerprint density at radius 3 is 2.32 bits per heavy atom. The van der Waals surface area contributed by atoms with Gasteiger partial charge in [-0.15, -0.1) is 0 Å². The van der Waals surface area contributed by atoms with E-state index in [9.17, 15) is 18.8 Å². The van der Waals surface area contributed by atoms with Gasteiger partial charge in [0, 0.05) is 29.9 Å². The molecule has 3 rings (SSSR count). The molecule has 1 heterocycles. The third kappa shape index (κ3) is 3.56. The number of ketones is 1. The molecule has 0 unspecified atom stereocenters. The first kappa shape index (κ1) is 19.8. The van der Waals surface area contributed by atoms with Crippen LogP contribution in [0.25, 0.3) is 0 Å². The molecule has 7 heteroatoms. The number of nitrogens with zero attached hydrogens (tertiary/aromatic N) is 2. The lowest BCUT2D eigenvalue weighted by atomic mass is 10.0. The minimum Gasteiger partial charge on any atom is -0.464 e. The molecule has 0 N–H and O–H groups in total. The first-order valence-electron chi connectivity index (χ1n) is 9.10. The summed E-state index contributed by atoms with van der Waals surface area (Å²) in [6, 6.07) is 5.31. The summed E-state index contributed by atoms with van der Waals surface area (Å²) >= 11 is 0. The standard InChI is InChI=1S/C21H23FN2O4/c1-12-18(13(2)23(3)19(12)21(27)28-4)17(25)11-24(16-9-10-16)20(26)14-5-7-15(22)8-6-14/h5-8,16H,9-11H2,1-4H3. The second kappa shape index (κ2) is 7.58. The Morgan fingerprint density at radius 1 is 1.18 bits per heavy atom. The highest BCUT2D eigenvalue weighted by Gasteiger charge is 2.36. The molecule has 0 aliphatic heterocycles. The van der Waals surface area contributed by atoms with Gasteiger partial charge in [-0.3, -0.25) is 9.59 Å². The summed E-state index contributed by atoms with van der Waals surface area (Å²) in [5, 5.41) is 0. The molecule has 0 bridgehead atoms. The first-order valence-corrected chi connectivity index (χ1v) is 9.10. The normalized spacial score (nSPS) is 13.3. The van der Waals surface area contributed by atoms with Crippen LogP contribution in [0, 0.1) is 19.7 Å². The van der Waals surface area contributed by atoms with Crippen LogP contribution in [0.1, 0.15) is 55.3 Å². The van der Waals surface area contributed by atoms with Crippen molar-refractivity contribution < 1.29 is 23.5 Å². The Kier molecular flexibility index (Phi) is 5.36. The summed E-state index contributed by atoms with van der Waals surface area (Å²) in [6.07, 6.45) is 1.67. The van der Waals surface area contributed by atoms with Gasteiger partial charge in [0.25, 0.3) is 5.91 Å². The van der Waals surface area contributed by atoms with Crippen molar-refractivity contribution in [2.75, 3.05) is 13.7 Å². The van der Waals surface area contributed by atoms with Gasteiger partial charge in [-0.25, -0.2) is 9.18 Å². The van der Waals surface area contributed by atoms with E-state index in [2.05, 4.69) is 0 Å². The molecule has 2 aromatic rings. The van der Waals surface area contributed by atoms with Crippen molar-refractivity contribution in [3.8, 4) is 0 Å². The highest BCUT2D eigenvalue weighted by molar-refractivity contribution is 6.06. The Bertz CT molecular complexity index is 942. The maximum atomic E-state index is 13.2. The van der Waals surface area contributed by atoms with Crippen molar-refractivity contribution in [3.05, 3.63) is 58.2 Å². The van der Waals surface area contributed by atoms with Crippen LogP contribution >= 0.6 is 0 Å². The number of benzene rings is 1. The van der Waals surface area contributed by atoms with E-state index in [0.29, 0.717) is 28.1 Å². The molecule has 28 heavy (non-hydrogen) atoms. The van der Waals surface area contributed by atoms with Crippen molar-refractivity contribution >= 4 is 17.7 Å². The van der Waals surface area contributed by atoms with Gasteiger partial charge in [0.15, 0.2) is 5.78 Å². The van der Waals surface area contributed by atoms with E-state index in [4.69, 9.17) is 4.74 Å². The third-order valence-electron chi connectivity index (χ3n) is 5.24. The molecule has 6 nitrogen and oxygen atoms in total. The number of amides is 1. The average molecular weight is 386 g/mol. The molecule has 1 aromatic carbocycles. The van der Waals surface area contributed by atoms with Crippen molar-refractivity contribution in [2.45, 2.75) is 32.7 Å². The van der Waals surface area contributed by atoms with E-state index < -0.39 is 11.8 Å². The molecule has 1 fully saturated rings. The number of carbonyl (C=O) groups excluding carboxylic acids is 3. The van der Waals surface area contributed by atoms with Gasteiger partial charge in [0.05, 0.1) is 13.7 Å². The monoisotopic (exact) mass is 386 g/mol. The number of hydrogen-bond donors (Lipinski definition) is 0. The lowest BCUT2D eigenvalue weighted by molar-refractivity contribution is 0.0588. The maximum absolute atomic E-state index is 13.2. The number of methoxy groups -OCH3 is 1. The zero-order valence-electron chi connectivity index (χ0n) is 16.4. The molecule has 1 aliphatic carbocycles. The molecular formula is C21H23FN2O4. The summed E-state index contributed by atoms with van der Waals surface area (Å²) in [6.45, 7) is 3.37. The van der Waals surface area contributed by atoms with Crippen LogP contribution in [0.15, 0.2) is 24.3 Å². The largest absolute Gasteiger partial charge is 0.464 e. The molecule has 148 valence electrons. The van der Waals surface area contributed by atoms with Gasteiger partial charge in [-0.05, 0) is 56.5 Å². The van der Waals surface area contributed by atoms with E-state index in [1.54, 1.807) is 30.4 Å². The Morgan fingerprint density at radius 2 is 1.79 bits per heavy atom. The van der Waals surface area contributed by atoms with Gasteiger partial charge < -0.3 is 14.2 Å². The summed E-state index contributed by atoms with van der Waals surface area (Å²) in [7, 11) is 3.00. The highest BCUT2D eigenvalue weighted by atomic mass is 19.1. The second-order valence-electron chi connectivity index (χ2n) is 7.08. The average Bonchev–Trinajstić information content (AvgIpc) is 3.47. The van der Waals surface area contributed by atoms with Gasteiger partial charge in [0.2, 0.25) is 0 Å². The number of aromatic nitrogens is 1. The fourth-order valence-corrected chi connectivity index (χ4v) is 3.52. The number of esters is 1. The lowest BCUT2D eigenvalue weighted by Crippen LogP contribution is -2.37. The molecule has 1 aromatic heterocycles. The fraction of sp³-hybridized carbons (Fsp3) is 0.381. The first-order chi connectivity index (χ1) is 13.3. The smallest absolute Gasteiger partial charge is 0.354 e. The van der Waals surface area contributed by atoms with Gasteiger partial charge in [-0.1, -0.05) is 0 Å². The topological polar surface area (TPSA) is 68.6 Å². The Hall–Kier alpha value is -2.96. The van der Waals surface area contributed by atoms with Crippen LogP contribution in [-0.4, -0.2) is 46.8 Å². The summed E-state index contributed by atoms with van der Waals surface area (Å²) in [5.41, 5.74) is 2.29. The quantitative estimate of drug-likeness (QED) is 0.565. The van der Waals surface area contributed by atoms with Crippen LogP contribution in [0.3, 0.4) is 0 Å². The summed E-state index contributed by atoms with van der Waals surface area (Å²) in [5.74, 6) is -1.46. The van der Waals surface area contributed by atoms with Crippen LogP contribution in [0.4, 0.5) is 4.39 Å². The Balaban J connectivity index is 1.89. The van der Waals surface area contributed by atoms with Crippen molar-refractivity contribution in [2.24, 2.45) is 7.05 Å². The number of rotatable bonds is 6. The number of ether oxygens (including phenoxy) is 1. The van der Waals surface area contributed by atoms with E-state index >= 15 is 0 Å². The second-order valence-corrected chi connectivity index (χ2v) is 7.08. The number of Topliss-reactive ketones (excluding diaryl/α,β-unsaturated/α-hetero) is 1. The van der Waals surface area contributed by atoms with Gasteiger partial charge in [-0.2, -0.15) is 0 Å². The Labute approximate surface area is 162 Å². The van der Waals surface area contributed by atoms with Crippen molar-refractivity contribution in [3.63, 3.8) is 0 Å². The van der Waals surface area contributed by atoms with E-state index in [1.165, 1.54) is 31.4 Å². The molecule has 1 saturated carbocycles. The van der Waals surface area contributed by atoms with Crippen LogP contribution in [0.2, 0.25) is 0 Å². The van der Waals surface area contributed by atoms with Crippen LogP contribution in [0.5, 0.6) is 0 Å². The molecule has 0 radical (unpaired) electrons. The molecule has 1 aliphatic rings. The van der Waals surface area contributed by atoms with Crippen molar-refractivity contribution in [1.82, 2.24) is 9.47 Å². The predicted octanol–water partition coefficient (Wildman–Crippen LogP) is 3.06. The summed E-state index contributed by atoms with van der Waals surface area (Å²) < 4.78 is 19.6. The van der Waals surface area contributed by atoms with E-state index in [0.717, 1.165) is 12.8 Å². The zero-order chi connectivity index (χ0) is 20.6. The van der Waals surface area contributed by atoms with E-state index in [-0.39, 0.29) is 24.3 Å². The minimum atomic E-state index is -0.511. The van der Waals surface area contributed by atoms with E-state index in [1.807, 2.05) is 0 Å². The van der Waals surface area contributed by atoms with Gasteiger partial charge in [0.1, 0.15) is 11.5 Å².